The Balaban J connectivity index is 2.85. The lowest BCUT2D eigenvalue weighted by atomic mass is 9.80. The molecule has 0 unspecified atom stereocenters. The number of carbonyl (C=O) groups is 1. The molecule has 0 spiro atoms. The summed E-state index contributed by atoms with van der Waals surface area (Å²) in [5.41, 5.74) is 4.34. The van der Waals surface area contributed by atoms with Crippen LogP contribution in [0, 0.1) is 5.41 Å². The normalized spacial score (nSPS) is 20.2. The van der Waals surface area contributed by atoms with E-state index in [4.69, 9.17) is 27.4 Å². The van der Waals surface area contributed by atoms with Crippen LogP contribution in [0.2, 0.25) is 0 Å². The van der Waals surface area contributed by atoms with Gasteiger partial charge in [0.15, 0.2) is 0 Å². The van der Waals surface area contributed by atoms with Crippen LogP contribution in [0.25, 0.3) is 0 Å². The van der Waals surface area contributed by atoms with Crippen LogP contribution in [-0.4, -0.2) is 29.8 Å². The van der Waals surface area contributed by atoms with Crippen LogP contribution in [0.15, 0.2) is 0 Å². The molecule has 1 rings (SSSR count). The maximum atomic E-state index is 12.1. The van der Waals surface area contributed by atoms with E-state index < -0.39 is 11.0 Å². The number of hydrogen-bond donors (Lipinski definition) is 1. The second kappa shape index (κ2) is 4.67. The van der Waals surface area contributed by atoms with Crippen molar-refractivity contribution in [3.8, 4) is 0 Å². The summed E-state index contributed by atoms with van der Waals surface area (Å²) in [6, 6.07) is 0. The summed E-state index contributed by atoms with van der Waals surface area (Å²) in [4.78, 5) is 12.3. The van der Waals surface area contributed by atoms with Gasteiger partial charge in [0.25, 0.3) is 0 Å². The highest BCUT2D eigenvalue weighted by molar-refractivity contribution is 7.80. The summed E-state index contributed by atoms with van der Waals surface area (Å²) in [7, 11) is 0. The predicted molar refractivity (Wildman–Crippen MR) is 65.1 cm³/mol. The quantitative estimate of drug-likeness (QED) is 0.589. The van der Waals surface area contributed by atoms with Gasteiger partial charge in [-0.2, -0.15) is 0 Å². The van der Waals surface area contributed by atoms with Crippen molar-refractivity contribution in [1.82, 2.24) is 0 Å². The number of hydrogen-bond acceptors (Lipinski definition) is 4. The lowest BCUT2D eigenvalue weighted by Gasteiger charge is -2.36. The molecule has 92 valence electrons. The smallest absolute Gasteiger partial charge is 0.319 e. The summed E-state index contributed by atoms with van der Waals surface area (Å²) < 4.78 is 10.6. The molecule has 16 heavy (non-hydrogen) atoms. The van der Waals surface area contributed by atoms with E-state index >= 15 is 0 Å². The third-order valence-electron chi connectivity index (χ3n) is 2.61. The van der Waals surface area contributed by atoms with Crippen molar-refractivity contribution < 1.29 is 14.3 Å². The van der Waals surface area contributed by atoms with Crippen LogP contribution < -0.4 is 5.73 Å². The summed E-state index contributed by atoms with van der Waals surface area (Å²) in [5, 5.41) is 0. The van der Waals surface area contributed by atoms with Crippen molar-refractivity contribution in [2.75, 3.05) is 13.2 Å². The van der Waals surface area contributed by atoms with Crippen LogP contribution in [0.1, 0.15) is 33.6 Å². The molecule has 0 atom stereocenters. The van der Waals surface area contributed by atoms with Crippen LogP contribution >= 0.6 is 12.2 Å². The maximum Gasteiger partial charge on any atom is 0.319 e. The molecule has 0 bridgehead atoms. The van der Waals surface area contributed by atoms with Gasteiger partial charge in [-0.3, -0.25) is 4.79 Å². The zero-order valence-corrected chi connectivity index (χ0v) is 10.9. The minimum atomic E-state index is -0.832. The highest BCUT2D eigenvalue weighted by Crippen LogP contribution is 2.33. The molecule has 0 amide bonds. The predicted octanol–water partition coefficient (Wildman–Crippen LogP) is 1.41. The number of ether oxygens (including phenoxy) is 2. The zero-order chi connectivity index (χ0) is 12.4. The van der Waals surface area contributed by atoms with E-state index in [1.165, 1.54) is 0 Å². The third-order valence-corrected chi connectivity index (χ3v) is 3.00. The monoisotopic (exact) mass is 245 g/mol. The summed E-state index contributed by atoms with van der Waals surface area (Å²) in [5.74, 6) is -0.323. The Morgan fingerprint density at radius 1 is 1.38 bits per heavy atom. The highest BCUT2D eigenvalue weighted by atomic mass is 32.1. The van der Waals surface area contributed by atoms with Gasteiger partial charge in [0.05, 0.1) is 4.99 Å². The minimum Gasteiger partial charge on any atom is -0.459 e. The van der Waals surface area contributed by atoms with Gasteiger partial charge in [0.1, 0.15) is 11.0 Å². The molecule has 0 aromatic heterocycles. The van der Waals surface area contributed by atoms with E-state index in [9.17, 15) is 4.79 Å². The minimum absolute atomic E-state index is 0.213. The van der Waals surface area contributed by atoms with Crippen molar-refractivity contribution in [2.24, 2.45) is 11.1 Å². The molecule has 1 heterocycles. The van der Waals surface area contributed by atoms with Crippen molar-refractivity contribution in [2.45, 2.75) is 39.2 Å². The standard InChI is InChI=1S/C11H19NO3S/c1-10(2,3)15-9(13)11(8(12)16)4-6-14-7-5-11/h4-7H2,1-3H3,(H2,12,16). The SMILES string of the molecule is CC(C)(C)OC(=O)C1(C(N)=S)CCOCC1. The van der Waals surface area contributed by atoms with Crippen molar-refractivity contribution >= 4 is 23.2 Å². The molecule has 0 aliphatic carbocycles. The van der Waals surface area contributed by atoms with Crippen LogP contribution in [0.4, 0.5) is 0 Å². The van der Waals surface area contributed by atoms with Crippen LogP contribution in [0.5, 0.6) is 0 Å². The molecule has 0 radical (unpaired) electrons. The Bertz CT molecular complexity index is 290. The van der Waals surface area contributed by atoms with Gasteiger partial charge < -0.3 is 15.2 Å². The van der Waals surface area contributed by atoms with Gasteiger partial charge >= 0.3 is 5.97 Å². The van der Waals surface area contributed by atoms with E-state index in [-0.39, 0.29) is 11.0 Å². The molecule has 0 aromatic rings. The van der Waals surface area contributed by atoms with E-state index in [0.29, 0.717) is 26.1 Å². The first-order valence-electron chi connectivity index (χ1n) is 5.39. The molecule has 1 aliphatic rings. The molecule has 2 N–H and O–H groups in total. The molecule has 5 heteroatoms. The Morgan fingerprint density at radius 2 is 1.88 bits per heavy atom. The largest absolute Gasteiger partial charge is 0.459 e. The fourth-order valence-corrected chi connectivity index (χ4v) is 1.93. The lowest BCUT2D eigenvalue weighted by Crippen LogP contribution is -2.49. The fraction of sp³-hybridized carbons (Fsp3) is 0.818. The zero-order valence-electron chi connectivity index (χ0n) is 10.0. The van der Waals surface area contributed by atoms with Gasteiger partial charge in [-0.1, -0.05) is 12.2 Å². The molecular formula is C11H19NO3S. The third kappa shape index (κ3) is 2.92. The topological polar surface area (TPSA) is 61.5 Å². The summed E-state index contributed by atoms with van der Waals surface area (Å²) in [6.45, 7) is 6.49. The first-order chi connectivity index (χ1) is 7.28. The average Bonchev–Trinajstić information content (AvgIpc) is 2.16. The van der Waals surface area contributed by atoms with Crippen LogP contribution in [-0.2, 0) is 14.3 Å². The fourth-order valence-electron chi connectivity index (χ4n) is 1.65. The van der Waals surface area contributed by atoms with Gasteiger partial charge in [-0.25, -0.2) is 0 Å². The van der Waals surface area contributed by atoms with E-state index in [2.05, 4.69) is 0 Å². The summed E-state index contributed by atoms with van der Waals surface area (Å²) >= 11 is 5.01. The Morgan fingerprint density at radius 3 is 2.25 bits per heavy atom. The summed E-state index contributed by atoms with van der Waals surface area (Å²) in [6.07, 6.45) is 1.02. The highest BCUT2D eigenvalue weighted by Gasteiger charge is 2.45. The van der Waals surface area contributed by atoms with Crippen molar-refractivity contribution in [3.63, 3.8) is 0 Å². The average molecular weight is 245 g/mol. The Labute approximate surface area is 101 Å². The number of thiocarbonyl (C=S) groups is 1. The van der Waals surface area contributed by atoms with E-state index in [1.54, 1.807) is 0 Å². The second-order valence-electron chi connectivity index (χ2n) is 5.06. The van der Waals surface area contributed by atoms with Crippen LogP contribution in [0.3, 0.4) is 0 Å². The lowest BCUT2D eigenvalue weighted by molar-refractivity contribution is -0.167. The first kappa shape index (κ1) is 13.4. The molecule has 0 saturated carbocycles. The molecular weight excluding hydrogens is 226 g/mol. The van der Waals surface area contributed by atoms with Gasteiger partial charge in [0.2, 0.25) is 0 Å². The molecule has 4 nitrogen and oxygen atoms in total. The van der Waals surface area contributed by atoms with Gasteiger partial charge in [-0.15, -0.1) is 0 Å². The number of esters is 1. The molecule has 1 aliphatic heterocycles. The molecule has 0 aromatic carbocycles. The maximum absolute atomic E-state index is 12.1. The molecule has 1 saturated heterocycles. The van der Waals surface area contributed by atoms with Crippen molar-refractivity contribution in [3.05, 3.63) is 0 Å². The van der Waals surface area contributed by atoms with E-state index in [0.717, 1.165) is 0 Å². The second-order valence-corrected chi connectivity index (χ2v) is 5.50. The Hall–Kier alpha value is -0.680. The van der Waals surface area contributed by atoms with Crippen molar-refractivity contribution in [1.29, 1.82) is 0 Å². The number of rotatable bonds is 2. The Kier molecular flexibility index (Phi) is 3.91. The van der Waals surface area contributed by atoms with Gasteiger partial charge in [-0.05, 0) is 33.6 Å². The number of carbonyl (C=O) groups excluding carboxylic acids is 1. The first-order valence-corrected chi connectivity index (χ1v) is 5.80. The molecule has 1 fully saturated rings. The number of nitrogens with two attached hydrogens (primary N) is 1. The van der Waals surface area contributed by atoms with E-state index in [1.807, 2.05) is 20.8 Å². The van der Waals surface area contributed by atoms with Gasteiger partial charge in [0, 0.05) is 13.2 Å².